The third-order valence-electron chi connectivity index (χ3n) is 4.12. The van der Waals surface area contributed by atoms with Gasteiger partial charge in [-0.1, -0.05) is 36.4 Å². The van der Waals surface area contributed by atoms with Crippen molar-refractivity contribution in [3.8, 4) is 0 Å². The number of benzene rings is 1. The summed E-state index contributed by atoms with van der Waals surface area (Å²) in [7, 11) is 0. The highest BCUT2D eigenvalue weighted by Gasteiger charge is 2.30. The predicted octanol–water partition coefficient (Wildman–Crippen LogP) is 1.67. The molecule has 2 amide bonds. The van der Waals surface area contributed by atoms with Crippen molar-refractivity contribution in [2.45, 2.75) is 13.5 Å². The molecule has 25 heavy (non-hydrogen) atoms. The first-order chi connectivity index (χ1) is 12.1. The van der Waals surface area contributed by atoms with Crippen molar-refractivity contribution in [3.05, 3.63) is 59.8 Å². The van der Waals surface area contributed by atoms with Crippen LogP contribution in [0.1, 0.15) is 11.1 Å². The Balaban J connectivity index is 1.50. The summed E-state index contributed by atoms with van der Waals surface area (Å²) < 4.78 is 0. The number of aromatic nitrogens is 1. The Bertz CT molecular complexity index is 713. The second-order valence-electron chi connectivity index (χ2n) is 6.22. The first-order valence-electron chi connectivity index (χ1n) is 8.38. The lowest BCUT2D eigenvalue weighted by molar-refractivity contribution is -0.151. The highest BCUT2D eigenvalue weighted by Crippen LogP contribution is 2.10. The Kier molecular flexibility index (Phi) is 5.40. The minimum Gasteiger partial charge on any atom is -0.368 e. The fourth-order valence-electron chi connectivity index (χ4n) is 2.82. The number of piperazine rings is 1. The molecule has 0 spiro atoms. The Morgan fingerprint density at radius 3 is 2.40 bits per heavy atom. The summed E-state index contributed by atoms with van der Waals surface area (Å²) in [4.78, 5) is 32.1. The molecule has 0 saturated carbocycles. The topological polar surface area (TPSA) is 65.5 Å². The van der Waals surface area contributed by atoms with Crippen LogP contribution in [0.4, 0.5) is 5.82 Å². The molecule has 3 rings (SSSR count). The number of hydrogen-bond acceptors (Lipinski definition) is 5. The van der Waals surface area contributed by atoms with Gasteiger partial charge in [0.1, 0.15) is 5.82 Å². The van der Waals surface area contributed by atoms with E-state index >= 15 is 0 Å². The van der Waals surface area contributed by atoms with Gasteiger partial charge < -0.3 is 5.32 Å². The highest BCUT2D eigenvalue weighted by molar-refractivity contribution is 5.99. The molecule has 1 aromatic carbocycles. The van der Waals surface area contributed by atoms with Gasteiger partial charge in [-0.2, -0.15) is 0 Å². The van der Waals surface area contributed by atoms with Gasteiger partial charge in [0.05, 0.1) is 13.1 Å². The molecule has 0 radical (unpaired) electrons. The van der Waals surface area contributed by atoms with Crippen LogP contribution in [0.5, 0.6) is 0 Å². The van der Waals surface area contributed by atoms with E-state index in [-0.39, 0.29) is 24.9 Å². The van der Waals surface area contributed by atoms with Crippen molar-refractivity contribution in [2.75, 3.05) is 31.5 Å². The van der Waals surface area contributed by atoms with Crippen LogP contribution in [-0.2, 0) is 16.1 Å². The number of nitrogens with zero attached hydrogens (tertiary/aromatic N) is 3. The summed E-state index contributed by atoms with van der Waals surface area (Å²) in [6.45, 7) is 3.96. The minimum absolute atomic E-state index is 0.147. The van der Waals surface area contributed by atoms with Crippen LogP contribution in [0.3, 0.4) is 0 Å². The number of anilines is 1. The summed E-state index contributed by atoms with van der Waals surface area (Å²) in [6.07, 6.45) is 1.78. The number of imide groups is 1. The van der Waals surface area contributed by atoms with E-state index in [1.165, 1.54) is 4.90 Å². The molecule has 1 fully saturated rings. The number of amides is 2. The smallest absolute Gasteiger partial charge is 0.243 e. The normalized spacial score (nSPS) is 15.5. The number of hydrogen-bond donors (Lipinski definition) is 1. The van der Waals surface area contributed by atoms with Gasteiger partial charge >= 0.3 is 0 Å². The molecular formula is C19H22N4O2. The van der Waals surface area contributed by atoms with E-state index in [0.29, 0.717) is 19.6 Å². The largest absolute Gasteiger partial charge is 0.368 e. The lowest BCUT2D eigenvalue weighted by atomic mass is 10.2. The van der Waals surface area contributed by atoms with E-state index < -0.39 is 0 Å². The van der Waals surface area contributed by atoms with Crippen LogP contribution in [-0.4, -0.2) is 52.8 Å². The second kappa shape index (κ2) is 7.90. The number of carbonyl (C=O) groups excluding carboxylic acids is 2. The molecule has 1 aliphatic rings. The molecule has 2 heterocycles. The maximum absolute atomic E-state index is 12.3. The predicted molar refractivity (Wildman–Crippen MR) is 95.9 cm³/mol. The zero-order valence-corrected chi connectivity index (χ0v) is 14.3. The lowest BCUT2D eigenvalue weighted by Gasteiger charge is -2.32. The van der Waals surface area contributed by atoms with E-state index in [0.717, 1.165) is 16.9 Å². The van der Waals surface area contributed by atoms with E-state index in [9.17, 15) is 9.59 Å². The Morgan fingerprint density at radius 2 is 1.76 bits per heavy atom. The first kappa shape index (κ1) is 17.1. The van der Waals surface area contributed by atoms with Crippen molar-refractivity contribution in [2.24, 2.45) is 0 Å². The second-order valence-corrected chi connectivity index (χ2v) is 6.22. The zero-order valence-electron chi connectivity index (χ0n) is 14.3. The molecule has 6 nitrogen and oxygen atoms in total. The number of carbonyl (C=O) groups is 2. The summed E-state index contributed by atoms with van der Waals surface area (Å²) in [5.74, 6) is 0.449. The van der Waals surface area contributed by atoms with E-state index in [2.05, 4.69) is 10.3 Å². The Morgan fingerprint density at radius 1 is 1.04 bits per heavy atom. The fourth-order valence-corrected chi connectivity index (χ4v) is 2.82. The van der Waals surface area contributed by atoms with Crippen molar-refractivity contribution < 1.29 is 9.59 Å². The van der Waals surface area contributed by atoms with Gasteiger partial charge in [-0.05, 0) is 24.1 Å². The molecular weight excluding hydrogens is 316 g/mol. The van der Waals surface area contributed by atoms with Crippen LogP contribution in [0.25, 0.3) is 0 Å². The molecule has 6 heteroatoms. The molecule has 1 aliphatic heterocycles. The SMILES string of the molecule is Cc1ccc(NCCN2C(=O)CN(Cc3ccccc3)CC2=O)nc1. The monoisotopic (exact) mass is 338 g/mol. The molecule has 0 atom stereocenters. The molecule has 130 valence electrons. The molecule has 0 unspecified atom stereocenters. The average molecular weight is 338 g/mol. The number of rotatable bonds is 6. The quantitative estimate of drug-likeness (QED) is 0.812. The van der Waals surface area contributed by atoms with Crippen molar-refractivity contribution in [1.29, 1.82) is 0 Å². The van der Waals surface area contributed by atoms with E-state index in [4.69, 9.17) is 0 Å². The zero-order chi connectivity index (χ0) is 17.6. The van der Waals surface area contributed by atoms with Gasteiger partial charge in [-0.3, -0.25) is 19.4 Å². The van der Waals surface area contributed by atoms with Crippen molar-refractivity contribution >= 4 is 17.6 Å². The molecule has 0 aliphatic carbocycles. The minimum atomic E-state index is -0.147. The van der Waals surface area contributed by atoms with Crippen LogP contribution in [0, 0.1) is 6.92 Å². The molecule has 2 aromatic rings. The third kappa shape index (κ3) is 4.64. The molecule has 1 N–H and O–H groups in total. The van der Waals surface area contributed by atoms with Crippen LogP contribution in [0.15, 0.2) is 48.7 Å². The lowest BCUT2D eigenvalue weighted by Crippen LogP contribution is -2.54. The van der Waals surface area contributed by atoms with Gasteiger partial charge in [0.25, 0.3) is 0 Å². The van der Waals surface area contributed by atoms with Crippen molar-refractivity contribution in [1.82, 2.24) is 14.8 Å². The van der Waals surface area contributed by atoms with Gasteiger partial charge in [0.15, 0.2) is 0 Å². The molecule has 1 saturated heterocycles. The molecule has 0 bridgehead atoms. The standard InChI is InChI=1S/C19H22N4O2/c1-15-7-8-17(21-11-15)20-9-10-23-18(24)13-22(14-19(23)25)12-16-5-3-2-4-6-16/h2-8,11H,9-10,12-14H2,1H3,(H,20,21). The van der Waals surface area contributed by atoms with Gasteiger partial charge in [0, 0.05) is 25.8 Å². The first-order valence-corrected chi connectivity index (χ1v) is 8.38. The van der Waals surface area contributed by atoms with E-state index in [1.54, 1.807) is 6.20 Å². The summed E-state index contributed by atoms with van der Waals surface area (Å²) >= 11 is 0. The highest BCUT2D eigenvalue weighted by atomic mass is 16.2. The molecule has 1 aromatic heterocycles. The van der Waals surface area contributed by atoms with Gasteiger partial charge in [-0.25, -0.2) is 4.98 Å². The Labute approximate surface area is 147 Å². The maximum atomic E-state index is 12.3. The Hall–Kier alpha value is -2.73. The van der Waals surface area contributed by atoms with Gasteiger partial charge in [0.2, 0.25) is 11.8 Å². The summed E-state index contributed by atoms with van der Waals surface area (Å²) in [5, 5.41) is 3.14. The fraction of sp³-hybridized carbons (Fsp3) is 0.316. The van der Waals surface area contributed by atoms with Crippen LogP contribution >= 0.6 is 0 Å². The van der Waals surface area contributed by atoms with Crippen LogP contribution < -0.4 is 5.32 Å². The average Bonchev–Trinajstić information content (AvgIpc) is 2.60. The summed E-state index contributed by atoms with van der Waals surface area (Å²) in [5.41, 5.74) is 2.19. The summed E-state index contributed by atoms with van der Waals surface area (Å²) in [6, 6.07) is 13.7. The van der Waals surface area contributed by atoms with Crippen molar-refractivity contribution in [3.63, 3.8) is 0 Å². The van der Waals surface area contributed by atoms with Crippen LogP contribution in [0.2, 0.25) is 0 Å². The van der Waals surface area contributed by atoms with Gasteiger partial charge in [-0.15, -0.1) is 0 Å². The number of aryl methyl sites for hydroxylation is 1. The number of nitrogens with one attached hydrogen (secondary N) is 1. The maximum Gasteiger partial charge on any atom is 0.243 e. The van der Waals surface area contributed by atoms with E-state index in [1.807, 2.05) is 54.3 Å². The third-order valence-corrected chi connectivity index (χ3v) is 4.12. The number of pyridine rings is 1.